The normalized spacial score (nSPS) is 11.6. The van der Waals surface area contributed by atoms with Crippen LogP contribution in [0.1, 0.15) is 21.6 Å². The molecule has 0 fully saturated rings. The Balaban J connectivity index is 1.70. The van der Waals surface area contributed by atoms with Crippen LogP contribution in [0.5, 0.6) is 0 Å². The monoisotopic (exact) mass is 427 g/mol. The van der Waals surface area contributed by atoms with Gasteiger partial charge in [0.05, 0.1) is 28.5 Å². The Labute approximate surface area is 154 Å². The zero-order valence-corrected chi connectivity index (χ0v) is 15.0. The van der Waals surface area contributed by atoms with E-state index in [-0.39, 0.29) is 12.2 Å². The largest absolute Gasteiger partial charge is 0.416 e. The molecule has 10 heteroatoms. The van der Waals surface area contributed by atoms with Crippen molar-refractivity contribution in [3.8, 4) is 0 Å². The van der Waals surface area contributed by atoms with Gasteiger partial charge >= 0.3 is 6.18 Å². The van der Waals surface area contributed by atoms with Crippen molar-refractivity contribution in [3.63, 3.8) is 0 Å². The van der Waals surface area contributed by atoms with E-state index in [1.54, 1.807) is 19.3 Å². The molecule has 1 amide bonds. The summed E-state index contributed by atoms with van der Waals surface area (Å²) in [6.07, 6.45) is 0.207. The van der Waals surface area contributed by atoms with Gasteiger partial charge in [-0.1, -0.05) is 12.1 Å². The number of carbonyl (C=O) groups is 1. The van der Waals surface area contributed by atoms with E-state index in [9.17, 15) is 18.0 Å². The number of anilines is 1. The number of nitrogens with one attached hydrogen (secondary N) is 1. The van der Waals surface area contributed by atoms with Gasteiger partial charge in [-0.25, -0.2) is 0 Å². The summed E-state index contributed by atoms with van der Waals surface area (Å²) in [5.74, 6) is -0.420. The number of carbonyl (C=O) groups excluding carboxylic acids is 1. The minimum absolute atomic E-state index is 0.146. The topological polar surface area (TPSA) is 64.7 Å². The maximum atomic E-state index is 12.8. The maximum absolute atomic E-state index is 12.8. The van der Waals surface area contributed by atoms with Crippen molar-refractivity contribution < 1.29 is 18.0 Å². The molecule has 0 unspecified atom stereocenters. The molecule has 6 nitrogen and oxygen atoms in total. The average Bonchev–Trinajstić information content (AvgIpc) is 3.12. The summed E-state index contributed by atoms with van der Waals surface area (Å²) in [6.45, 7) is 0.146. The van der Waals surface area contributed by atoms with E-state index in [2.05, 4.69) is 31.4 Å². The molecule has 0 radical (unpaired) electrons. The summed E-state index contributed by atoms with van der Waals surface area (Å²) in [5.41, 5.74) is 0.376. The molecule has 0 aliphatic heterocycles. The molecule has 136 valence electrons. The van der Waals surface area contributed by atoms with Crippen LogP contribution < -0.4 is 5.32 Å². The highest BCUT2D eigenvalue weighted by Crippen LogP contribution is 2.29. The van der Waals surface area contributed by atoms with Crippen molar-refractivity contribution in [2.75, 3.05) is 5.32 Å². The second-order valence-corrected chi connectivity index (χ2v) is 6.43. The van der Waals surface area contributed by atoms with E-state index in [1.807, 2.05) is 0 Å². The molecule has 2 aromatic heterocycles. The van der Waals surface area contributed by atoms with Gasteiger partial charge in [-0.15, -0.1) is 0 Å². The van der Waals surface area contributed by atoms with Gasteiger partial charge in [-0.05, 0) is 33.6 Å². The Bertz CT molecular complexity index is 948. The van der Waals surface area contributed by atoms with Gasteiger partial charge in [0, 0.05) is 19.4 Å². The highest BCUT2D eigenvalue weighted by Gasteiger charge is 2.30. The van der Waals surface area contributed by atoms with Crippen LogP contribution in [0.3, 0.4) is 0 Å². The zero-order chi connectivity index (χ0) is 18.9. The van der Waals surface area contributed by atoms with Gasteiger partial charge in [0.2, 0.25) is 0 Å². The predicted octanol–water partition coefficient (Wildman–Crippen LogP) is 3.70. The van der Waals surface area contributed by atoms with E-state index < -0.39 is 17.6 Å². The first-order valence-electron chi connectivity index (χ1n) is 7.41. The first-order chi connectivity index (χ1) is 12.2. The number of aryl methyl sites for hydroxylation is 1. The lowest BCUT2D eigenvalue weighted by molar-refractivity contribution is -0.137. The second-order valence-electron chi connectivity index (χ2n) is 5.58. The summed E-state index contributed by atoms with van der Waals surface area (Å²) in [5, 5.41) is 10.7. The molecule has 2 heterocycles. The summed E-state index contributed by atoms with van der Waals surface area (Å²) in [4.78, 5) is 12.2. The molecular formula is C16H13BrF3N5O. The number of hydrogen-bond acceptors (Lipinski definition) is 3. The van der Waals surface area contributed by atoms with Crippen molar-refractivity contribution in [2.24, 2.45) is 7.05 Å². The number of alkyl halides is 3. The van der Waals surface area contributed by atoms with E-state index in [4.69, 9.17) is 0 Å². The lowest BCUT2D eigenvalue weighted by Gasteiger charge is -2.08. The first kappa shape index (κ1) is 18.2. The highest BCUT2D eigenvalue weighted by atomic mass is 79.9. The minimum atomic E-state index is -4.39. The van der Waals surface area contributed by atoms with Gasteiger partial charge in [0.15, 0.2) is 5.69 Å². The fourth-order valence-corrected chi connectivity index (χ4v) is 2.91. The van der Waals surface area contributed by atoms with Crippen LogP contribution in [-0.4, -0.2) is 25.5 Å². The second kappa shape index (κ2) is 6.94. The van der Waals surface area contributed by atoms with Crippen LogP contribution in [0, 0.1) is 0 Å². The van der Waals surface area contributed by atoms with E-state index in [0.717, 1.165) is 12.1 Å². The lowest BCUT2D eigenvalue weighted by atomic mass is 10.1. The molecule has 1 N–H and O–H groups in total. The molecule has 1 aromatic carbocycles. The Morgan fingerprint density at radius 1 is 1.31 bits per heavy atom. The quantitative estimate of drug-likeness (QED) is 0.690. The summed E-state index contributed by atoms with van der Waals surface area (Å²) >= 11 is 3.25. The van der Waals surface area contributed by atoms with Crippen molar-refractivity contribution in [3.05, 3.63) is 64.1 Å². The van der Waals surface area contributed by atoms with E-state index in [1.165, 1.54) is 27.8 Å². The highest BCUT2D eigenvalue weighted by molar-refractivity contribution is 9.10. The van der Waals surface area contributed by atoms with Crippen molar-refractivity contribution in [1.29, 1.82) is 0 Å². The van der Waals surface area contributed by atoms with E-state index in [0.29, 0.717) is 15.7 Å². The number of nitrogens with zero attached hydrogens (tertiary/aromatic N) is 4. The summed E-state index contributed by atoms with van der Waals surface area (Å²) in [6, 6.07) is 5.02. The van der Waals surface area contributed by atoms with Crippen LogP contribution in [-0.2, 0) is 19.8 Å². The van der Waals surface area contributed by atoms with Crippen LogP contribution in [0.25, 0.3) is 0 Å². The number of benzene rings is 1. The van der Waals surface area contributed by atoms with Crippen LogP contribution in [0.15, 0.2) is 47.3 Å². The van der Waals surface area contributed by atoms with Crippen LogP contribution >= 0.6 is 15.9 Å². The summed E-state index contributed by atoms with van der Waals surface area (Å²) < 4.78 is 41.8. The van der Waals surface area contributed by atoms with Gasteiger partial charge in [0.25, 0.3) is 5.91 Å². The number of aromatic nitrogens is 4. The third kappa shape index (κ3) is 4.13. The molecule has 0 aliphatic carbocycles. The van der Waals surface area contributed by atoms with Gasteiger partial charge in [0.1, 0.15) is 0 Å². The van der Waals surface area contributed by atoms with Crippen molar-refractivity contribution in [1.82, 2.24) is 19.6 Å². The Kier molecular flexibility index (Phi) is 4.86. The summed E-state index contributed by atoms with van der Waals surface area (Å²) in [7, 11) is 1.69. The SMILES string of the molecule is Cn1cc(Br)c(C(=O)Nc2cnn(Cc3cccc(C(F)(F)F)c3)c2)n1. The van der Waals surface area contributed by atoms with Gasteiger partial charge < -0.3 is 5.32 Å². The third-order valence-corrected chi connectivity index (χ3v) is 4.07. The molecule has 0 saturated carbocycles. The Morgan fingerprint density at radius 3 is 2.73 bits per heavy atom. The number of amides is 1. The standard InChI is InChI=1S/C16H13BrF3N5O/c1-24-9-13(17)14(23-24)15(26)22-12-6-21-25(8-12)7-10-3-2-4-11(5-10)16(18,19)20/h2-6,8-9H,7H2,1H3,(H,22,26). The van der Waals surface area contributed by atoms with E-state index >= 15 is 0 Å². The van der Waals surface area contributed by atoms with Crippen LogP contribution in [0.4, 0.5) is 18.9 Å². The Hall–Kier alpha value is -2.62. The molecule has 0 spiro atoms. The minimum Gasteiger partial charge on any atom is -0.318 e. The molecule has 0 atom stereocenters. The molecular weight excluding hydrogens is 415 g/mol. The maximum Gasteiger partial charge on any atom is 0.416 e. The number of halogens is 4. The average molecular weight is 428 g/mol. The lowest BCUT2D eigenvalue weighted by Crippen LogP contribution is -2.13. The molecule has 3 aromatic rings. The number of rotatable bonds is 4. The van der Waals surface area contributed by atoms with Crippen molar-refractivity contribution in [2.45, 2.75) is 12.7 Å². The fourth-order valence-electron chi connectivity index (χ4n) is 2.35. The Morgan fingerprint density at radius 2 is 2.08 bits per heavy atom. The number of hydrogen-bond donors (Lipinski definition) is 1. The molecule has 0 saturated heterocycles. The molecule has 3 rings (SSSR count). The molecule has 0 bridgehead atoms. The molecule has 0 aliphatic rings. The van der Waals surface area contributed by atoms with Crippen LogP contribution in [0.2, 0.25) is 0 Å². The van der Waals surface area contributed by atoms with Crippen molar-refractivity contribution >= 4 is 27.5 Å². The predicted molar refractivity (Wildman–Crippen MR) is 91.6 cm³/mol. The van der Waals surface area contributed by atoms with Gasteiger partial charge in [-0.3, -0.25) is 14.2 Å². The molecule has 26 heavy (non-hydrogen) atoms. The zero-order valence-electron chi connectivity index (χ0n) is 13.5. The van der Waals surface area contributed by atoms with Gasteiger partial charge in [-0.2, -0.15) is 23.4 Å². The third-order valence-electron chi connectivity index (χ3n) is 3.49. The smallest absolute Gasteiger partial charge is 0.318 e. The fraction of sp³-hybridized carbons (Fsp3) is 0.188. The first-order valence-corrected chi connectivity index (χ1v) is 8.21.